The molecule has 100 valence electrons. The number of benzene rings is 2. The molecule has 3 nitrogen and oxygen atoms in total. The van der Waals surface area contributed by atoms with E-state index in [1.165, 1.54) is 0 Å². The molecule has 2 rings (SSSR count). The van der Waals surface area contributed by atoms with Crippen LogP contribution < -0.4 is 10.5 Å². The first-order valence-electron chi connectivity index (χ1n) is 6.32. The van der Waals surface area contributed by atoms with Gasteiger partial charge in [0.05, 0.1) is 0 Å². The summed E-state index contributed by atoms with van der Waals surface area (Å²) in [6.45, 7) is 2.01. The lowest BCUT2D eigenvalue weighted by molar-refractivity contribution is 0.0198. The summed E-state index contributed by atoms with van der Waals surface area (Å²) in [5.41, 5.74) is 6.58. The van der Waals surface area contributed by atoms with E-state index in [1.807, 2.05) is 54.6 Å². The zero-order valence-electron chi connectivity index (χ0n) is 11.0. The largest absolute Gasteiger partial charge is 0.490 e. The molecule has 0 saturated carbocycles. The Bertz CT molecular complexity index is 523. The number of aliphatic hydroxyl groups is 1. The van der Waals surface area contributed by atoms with Crippen LogP contribution in [-0.2, 0) is 0 Å². The van der Waals surface area contributed by atoms with E-state index in [0.29, 0.717) is 0 Å². The highest BCUT2D eigenvalue weighted by Crippen LogP contribution is 2.29. The van der Waals surface area contributed by atoms with Crippen LogP contribution in [0.15, 0.2) is 54.6 Å². The van der Waals surface area contributed by atoms with Crippen molar-refractivity contribution in [3.8, 4) is 16.9 Å². The SMILES string of the molecule is CC(O)(CN)COc1ccccc1-c1ccccc1. The van der Waals surface area contributed by atoms with Crippen LogP contribution in [-0.4, -0.2) is 23.9 Å². The van der Waals surface area contributed by atoms with Crippen LogP contribution in [0.25, 0.3) is 11.1 Å². The van der Waals surface area contributed by atoms with Gasteiger partial charge in [0, 0.05) is 12.1 Å². The molecule has 1 atom stereocenters. The van der Waals surface area contributed by atoms with Gasteiger partial charge in [-0.05, 0) is 18.6 Å². The van der Waals surface area contributed by atoms with Crippen molar-refractivity contribution >= 4 is 0 Å². The van der Waals surface area contributed by atoms with Gasteiger partial charge in [-0.15, -0.1) is 0 Å². The Morgan fingerprint density at radius 1 is 1.05 bits per heavy atom. The van der Waals surface area contributed by atoms with Crippen molar-refractivity contribution in [1.29, 1.82) is 0 Å². The monoisotopic (exact) mass is 257 g/mol. The Balaban J connectivity index is 2.23. The molecular weight excluding hydrogens is 238 g/mol. The number of ether oxygens (including phenoxy) is 1. The van der Waals surface area contributed by atoms with E-state index in [0.717, 1.165) is 16.9 Å². The quantitative estimate of drug-likeness (QED) is 0.865. The van der Waals surface area contributed by atoms with Gasteiger partial charge in [-0.1, -0.05) is 48.5 Å². The molecule has 0 saturated heterocycles. The molecule has 0 amide bonds. The van der Waals surface area contributed by atoms with Crippen LogP contribution in [0.3, 0.4) is 0 Å². The number of nitrogens with two attached hydrogens (primary N) is 1. The van der Waals surface area contributed by atoms with Crippen LogP contribution in [0.1, 0.15) is 6.92 Å². The second-order valence-electron chi connectivity index (χ2n) is 4.85. The van der Waals surface area contributed by atoms with E-state index in [-0.39, 0.29) is 13.2 Å². The molecule has 1 unspecified atom stereocenters. The van der Waals surface area contributed by atoms with Crippen LogP contribution in [0.5, 0.6) is 5.75 Å². The summed E-state index contributed by atoms with van der Waals surface area (Å²) in [5.74, 6) is 0.752. The lowest BCUT2D eigenvalue weighted by Gasteiger charge is -2.22. The fraction of sp³-hybridized carbons (Fsp3) is 0.250. The Labute approximate surface area is 113 Å². The highest BCUT2D eigenvalue weighted by atomic mass is 16.5. The first kappa shape index (κ1) is 13.6. The third kappa shape index (κ3) is 3.56. The van der Waals surface area contributed by atoms with E-state index < -0.39 is 5.60 Å². The minimum absolute atomic E-state index is 0.167. The molecule has 2 aromatic carbocycles. The zero-order valence-corrected chi connectivity index (χ0v) is 11.0. The molecule has 3 N–H and O–H groups in total. The number of hydrogen-bond acceptors (Lipinski definition) is 3. The Morgan fingerprint density at radius 2 is 1.68 bits per heavy atom. The van der Waals surface area contributed by atoms with Gasteiger partial charge in [0.1, 0.15) is 18.0 Å². The second-order valence-corrected chi connectivity index (χ2v) is 4.85. The molecule has 0 spiro atoms. The summed E-state index contributed by atoms with van der Waals surface area (Å²) in [4.78, 5) is 0. The van der Waals surface area contributed by atoms with Crippen molar-refractivity contribution in [3.05, 3.63) is 54.6 Å². The van der Waals surface area contributed by atoms with Crippen molar-refractivity contribution in [2.24, 2.45) is 5.73 Å². The maximum Gasteiger partial charge on any atom is 0.127 e. The number of para-hydroxylation sites is 1. The minimum atomic E-state index is -1.01. The molecule has 0 fully saturated rings. The van der Waals surface area contributed by atoms with Gasteiger partial charge >= 0.3 is 0 Å². The van der Waals surface area contributed by atoms with Crippen molar-refractivity contribution in [2.75, 3.05) is 13.2 Å². The van der Waals surface area contributed by atoms with Crippen LogP contribution in [0.2, 0.25) is 0 Å². The molecule has 0 aliphatic carbocycles. The molecule has 0 aromatic heterocycles. The lowest BCUT2D eigenvalue weighted by Crippen LogP contribution is -2.40. The van der Waals surface area contributed by atoms with E-state index in [1.54, 1.807) is 6.92 Å². The highest BCUT2D eigenvalue weighted by Gasteiger charge is 2.19. The predicted molar refractivity (Wildman–Crippen MR) is 77.1 cm³/mol. The minimum Gasteiger partial charge on any atom is -0.490 e. The Hall–Kier alpha value is -1.84. The van der Waals surface area contributed by atoms with Crippen molar-refractivity contribution in [1.82, 2.24) is 0 Å². The molecule has 3 heteroatoms. The summed E-state index contributed by atoms with van der Waals surface area (Å²) < 4.78 is 5.72. The van der Waals surface area contributed by atoms with Gasteiger partial charge in [-0.2, -0.15) is 0 Å². The second kappa shape index (κ2) is 5.87. The summed E-state index contributed by atoms with van der Waals surface area (Å²) in [7, 11) is 0. The molecule has 19 heavy (non-hydrogen) atoms. The van der Waals surface area contributed by atoms with E-state index in [9.17, 15) is 5.11 Å². The maximum absolute atomic E-state index is 9.90. The molecule has 0 radical (unpaired) electrons. The fourth-order valence-electron chi connectivity index (χ4n) is 1.74. The average molecular weight is 257 g/mol. The van der Waals surface area contributed by atoms with Crippen LogP contribution in [0, 0.1) is 0 Å². The predicted octanol–water partition coefficient (Wildman–Crippen LogP) is 2.44. The highest BCUT2D eigenvalue weighted by molar-refractivity contribution is 5.70. The van der Waals surface area contributed by atoms with Gasteiger partial charge in [0.2, 0.25) is 0 Å². The molecule has 0 heterocycles. The standard InChI is InChI=1S/C16H19NO2/c1-16(18,11-17)12-19-15-10-6-5-9-14(15)13-7-3-2-4-8-13/h2-10,18H,11-12,17H2,1H3. The third-order valence-electron chi connectivity index (χ3n) is 2.95. The van der Waals surface area contributed by atoms with Gasteiger partial charge in [-0.3, -0.25) is 0 Å². The summed E-state index contributed by atoms with van der Waals surface area (Å²) in [6.07, 6.45) is 0. The molecular formula is C16H19NO2. The number of hydrogen-bond donors (Lipinski definition) is 2. The van der Waals surface area contributed by atoms with Crippen molar-refractivity contribution in [3.63, 3.8) is 0 Å². The maximum atomic E-state index is 9.90. The third-order valence-corrected chi connectivity index (χ3v) is 2.95. The van der Waals surface area contributed by atoms with Gasteiger partial charge in [0.15, 0.2) is 0 Å². The van der Waals surface area contributed by atoms with Crippen molar-refractivity contribution < 1.29 is 9.84 Å². The van der Waals surface area contributed by atoms with Gasteiger partial charge in [0.25, 0.3) is 0 Å². The molecule has 0 bridgehead atoms. The van der Waals surface area contributed by atoms with Crippen molar-refractivity contribution in [2.45, 2.75) is 12.5 Å². The Morgan fingerprint density at radius 3 is 2.37 bits per heavy atom. The first-order valence-corrected chi connectivity index (χ1v) is 6.32. The summed E-state index contributed by atoms with van der Waals surface area (Å²) >= 11 is 0. The first-order chi connectivity index (χ1) is 9.12. The zero-order chi connectivity index (χ0) is 13.7. The average Bonchev–Trinajstić information content (AvgIpc) is 2.46. The van der Waals surface area contributed by atoms with E-state index in [4.69, 9.17) is 10.5 Å². The molecule has 0 aliphatic heterocycles. The topological polar surface area (TPSA) is 55.5 Å². The normalized spacial score (nSPS) is 13.8. The fourth-order valence-corrected chi connectivity index (χ4v) is 1.74. The van der Waals surface area contributed by atoms with E-state index >= 15 is 0 Å². The van der Waals surface area contributed by atoms with Gasteiger partial charge in [-0.25, -0.2) is 0 Å². The summed E-state index contributed by atoms with van der Waals surface area (Å²) in [6, 6.07) is 17.8. The Kier molecular flexibility index (Phi) is 4.20. The van der Waals surface area contributed by atoms with E-state index in [2.05, 4.69) is 0 Å². The summed E-state index contributed by atoms with van der Waals surface area (Å²) in [5, 5.41) is 9.90. The van der Waals surface area contributed by atoms with Gasteiger partial charge < -0.3 is 15.6 Å². The van der Waals surface area contributed by atoms with Crippen LogP contribution >= 0.6 is 0 Å². The molecule has 0 aliphatic rings. The molecule has 2 aromatic rings. The lowest BCUT2D eigenvalue weighted by atomic mass is 10.0. The number of rotatable bonds is 5. The van der Waals surface area contributed by atoms with Crippen LogP contribution in [0.4, 0.5) is 0 Å². The smallest absolute Gasteiger partial charge is 0.127 e.